The van der Waals surface area contributed by atoms with Crippen LogP contribution in [0.25, 0.3) is 0 Å². The molecule has 0 aromatic rings. The van der Waals surface area contributed by atoms with Crippen molar-refractivity contribution in [3.63, 3.8) is 0 Å². The highest BCUT2D eigenvalue weighted by Crippen LogP contribution is 2.10. The Balaban J connectivity index is 3.93. The molecule has 0 unspecified atom stereocenters. The van der Waals surface area contributed by atoms with Gasteiger partial charge in [0.25, 0.3) is 0 Å². The fourth-order valence-corrected chi connectivity index (χ4v) is 0.960. The molecule has 0 rings (SSSR count). The average Bonchev–Trinajstić information content (AvgIpc) is 2.10. The smallest absolute Gasteiger partial charge is 0.0385 e. The van der Waals surface area contributed by atoms with Crippen LogP contribution in [0.5, 0.6) is 0 Å². The zero-order chi connectivity index (χ0) is 10.1. The Morgan fingerprint density at radius 3 is 2.38 bits per heavy atom. The number of rotatable bonds is 6. The number of hydrogen-bond donors (Lipinski definition) is 0. The van der Waals surface area contributed by atoms with Crippen molar-refractivity contribution in [3.05, 3.63) is 36.6 Å². The van der Waals surface area contributed by atoms with Crippen LogP contribution < -0.4 is 0 Å². The summed E-state index contributed by atoms with van der Waals surface area (Å²) in [4.78, 5) is 3.96. The van der Waals surface area contributed by atoms with Crippen molar-refractivity contribution in [2.75, 3.05) is 0 Å². The lowest BCUT2D eigenvalue weighted by Gasteiger charge is -2.02. The minimum atomic E-state index is 0.463. The predicted octanol–water partition coefficient (Wildman–Crippen LogP) is 3.75. The topological polar surface area (TPSA) is 12.4 Å². The highest BCUT2D eigenvalue weighted by Gasteiger charge is 1.96. The van der Waals surface area contributed by atoms with Crippen LogP contribution in [0.4, 0.5) is 0 Å². The molecule has 0 aliphatic heterocycles. The summed E-state index contributed by atoms with van der Waals surface area (Å²) in [5, 5.41) is 0. The van der Waals surface area contributed by atoms with Crippen molar-refractivity contribution < 1.29 is 0 Å². The van der Waals surface area contributed by atoms with E-state index in [2.05, 4.69) is 50.4 Å². The van der Waals surface area contributed by atoms with Gasteiger partial charge in [0.1, 0.15) is 0 Å². The lowest BCUT2D eigenvalue weighted by molar-refractivity contribution is 0.755. The molecule has 0 saturated heterocycles. The Kier molecular flexibility index (Phi) is 6.89. The zero-order valence-electron chi connectivity index (χ0n) is 8.66. The third-order valence-corrected chi connectivity index (χ3v) is 1.71. The maximum absolute atomic E-state index is 3.96. The lowest BCUT2D eigenvalue weighted by atomic mass is 10.1. The summed E-state index contributed by atoms with van der Waals surface area (Å²) in [5.41, 5.74) is 1.07. The molecule has 0 aromatic carbocycles. The summed E-state index contributed by atoms with van der Waals surface area (Å²) in [6.07, 6.45) is 10.1. The molecule has 72 valence electrons. The van der Waals surface area contributed by atoms with E-state index in [1.807, 2.05) is 6.08 Å². The zero-order valence-corrected chi connectivity index (χ0v) is 8.66. The normalized spacial score (nSPS) is 12.4. The number of nitrogens with zero attached hydrogens (tertiary/aromatic N) is 1. The largest absolute Gasteiger partial charge is 0.269 e. The first-order valence-corrected chi connectivity index (χ1v) is 4.65. The lowest BCUT2D eigenvalue weighted by Crippen LogP contribution is -1.89. The Labute approximate surface area is 81.6 Å². The van der Waals surface area contributed by atoms with Gasteiger partial charge in [0.2, 0.25) is 0 Å². The van der Waals surface area contributed by atoms with Gasteiger partial charge in [-0.2, -0.15) is 0 Å². The van der Waals surface area contributed by atoms with Gasteiger partial charge in [0, 0.05) is 5.70 Å². The molecule has 0 aliphatic rings. The molecule has 0 saturated carbocycles. The second-order valence-electron chi connectivity index (χ2n) is 3.17. The van der Waals surface area contributed by atoms with E-state index < -0.39 is 0 Å². The third kappa shape index (κ3) is 6.09. The molecule has 0 bridgehead atoms. The monoisotopic (exact) mass is 177 g/mol. The van der Waals surface area contributed by atoms with Crippen LogP contribution in [0.2, 0.25) is 0 Å². The van der Waals surface area contributed by atoms with Gasteiger partial charge in [0.05, 0.1) is 0 Å². The van der Waals surface area contributed by atoms with Gasteiger partial charge in [-0.15, -0.1) is 6.58 Å². The first-order valence-electron chi connectivity index (χ1n) is 4.65. The Bertz CT molecular complexity index is 209. The molecule has 0 radical (unpaired) electrons. The van der Waals surface area contributed by atoms with E-state index in [0.717, 1.165) is 18.5 Å². The van der Waals surface area contributed by atoms with Crippen LogP contribution >= 0.6 is 0 Å². The van der Waals surface area contributed by atoms with Gasteiger partial charge in [-0.1, -0.05) is 38.2 Å². The van der Waals surface area contributed by atoms with Crippen molar-refractivity contribution in [3.8, 4) is 0 Å². The number of aliphatic imine (C=N–C) groups is 1. The van der Waals surface area contributed by atoms with Gasteiger partial charge in [-0.3, -0.25) is 4.99 Å². The molecule has 0 aromatic heterocycles. The van der Waals surface area contributed by atoms with Crippen molar-refractivity contribution in [1.82, 2.24) is 0 Å². The van der Waals surface area contributed by atoms with E-state index >= 15 is 0 Å². The van der Waals surface area contributed by atoms with Crippen molar-refractivity contribution in [1.29, 1.82) is 0 Å². The van der Waals surface area contributed by atoms with E-state index in [1.165, 1.54) is 0 Å². The summed E-state index contributed by atoms with van der Waals surface area (Å²) in [6, 6.07) is 0. The van der Waals surface area contributed by atoms with Crippen LogP contribution in [0.3, 0.4) is 0 Å². The number of allylic oxidation sites excluding steroid dienone is 5. The summed E-state index contributed by atoms with van der Waals surface area (Å²) in [7, 11) is 0. The standard InChI is InChI=1S/C12H19N/c1-5-6-7-8-9-10-12(13-4)11(2)3/h5,7-8,10-11H,1,4,6,9H2,2-3H3/b8-7-,12-10?. The van der Waals surface area contributed by atoms with Gasteiger partial charge in [-0.25, -0.2) is 0 Å². The molecular weight excluding hydrogens is 158 g/mol. The van der Waals surface area contributed by atoms with Gasteiger partial charge >= 0.3 is 0 Å². The highest BCUT2D eigenvalue weighted by atomic mass is 14.7. The molecule has 0 aliphatic carbocycles. The van der Waals surface area contributed by atoms with E-state index in [-0.39, 0.29) is 0 Å². The minimum absolute atomic E-state index is 0.463. The molecule has 1 nitrogen and oxygen atoms in total. The van der Waals surface area contributed by atoms with Gasteiger partial charge < -0.3 is 0 Å². The quantitative estimate of drug-likeness (QED) is 0.433. The molecular formula is C12H19N. The second-order valence-corrected chi connectivity index (χ2v) is 3.17. The highest BCUT2D eigenvalue weighted by molar-refractivity contribution is 5.29. The number of hydrogen-bond acceptors (Lipinski definition) is 1. The molecule has 0 amide bonds. The fourth-order valence-electron chi connectivity index (χ4n) is 0.960. The first-order chi connectivity index (χ1) is 6.22. The maximum Gasteiger partial charge on any atom is 0.0385 e. The van der Waals surface area contributed by atoms with Crippen molar-refractivity contribution in [2.45, 2.75) is 26.7 Å². The van der Waals surface area contributed by atoms with Crippen molar-refractivity contribution in [2.24, 2.45) is 10.9 Å². The summed E-state index contributed by atoms with van der Waals surface area (Å²) in [5.74, 6) is 0.463. The Hall–Kier alpha value is -1.11. The molecule has 0 heterocycles. The van der Waals surface area contributed by atoms with Crippen LogP contribution in [-0.4, -0.2) is 6.72 Å². The van der Waals surface area contributed by atoms with Crippen molar-refractivity contribution >= 4 is 6.72 Å². The van der Waals surface area contributed by atoms with Gasteiger partial charge in [-0.05, 0) is 25.5 Å². The third-order valence-electron chi connectivity index (χ3n) is 1.71. The second kappa shape index (κ2) is 7.53. The predicted molar refractivity (Wildman–Crippen MR) is 61.0 cm³/mol. The van der Waals surface area contributed by atoms with Crippen LogP contribution in [-0.2, 0) is 0 Å². The summed E-state index contributed by atoms with van der Waals surface area (Å²) >= 11 is 0. The van der Waals surface area contributed by atoms with E-state index in [0.29, 0.717) is 5.92 Å². The summed E-state index contributed by atoms with van der Waals surface area (Å²) < 4.78 is 0. The molecule has 0 atom stereocenters. The van der Waals surface area contributed by atoms with Crippen LogP contribution in [0, 0.1) is 5.92 Å². The molecule has 0 N–H and O–H groups in total. The molecule has 1 heteroatoms. The maximum atomic E-state index is 3.96. The van der Waals surface area contributed by atoms with E-state index in [1.54, 1.807) is 0 Å². The SMILES string of the molecule is C=CC/C=C\CC=C(N=C)C(C)C. The Morgan fingerprint density at radius 2 is 1.92 bits per heavy atom. The van der Waals surface area contributed by atoms with E-state index in [9.17, 15) is 0 Å². The first kappa shape index (κ1) is 11.9. The molecule has 13 heavy (non-hydrogen) atoms. The minimum Gasteiger partial charge on any atom is -0.269 e. The average molecular weight is 177 g/mol. The fraction of sp³-hybridized carbons (Fsp3) is 0.417. The van der Waals surface area contributed by atoms with Crippen LogP contribution in [0.15, 0.2) is 41.6 Å². The summed E-state index contributed by atoms with van der Waals surface area (Å²) in [6.45, 7) is 11.4. The molecule has 0 fully saturated rings. The van der Waals surface area contributed by atoms with Crippen LogP contribution in [0.1, 0.15) is 26.7 Å². The molecule has 0 spiro atoms. The van der Waals surface area contributed by atoms with E-state index in [4.69, 9.17) is 0 Å². The van der Waals surface area contributed by atoms with Gasteiger partial charge in [0.15, 0.2) is 0 Å². The Morgan fingerprint density at radius 1 is 1.31 bits per heavy atom.